The van der Waals surface area contributed by atoms with E-state index in [0.717, 1.165) is 16.7 Å². The second-order valence-electron chi connectivity index (χ2n) is 6.09. The number of aromatic nitrogens is 1. The number of nitrogens with zero attached hydrogens (tertiary/aromatic N) is 4. The van der Waals surface area contributed by atoms with Gasteiger partial charge in [-0.2, -0.15) is 0 Å². The van der Waals surface area contributed by atoms with E-state index in [-0.39, 0.29) is 35.8 Å². The van der Waals surface area contributed by atoms with Crippen LogP contribution in [0.25, 0.3) is 0 Å². The van der Waals surface area contributed by atoms with Crippen LogP contribution in [0.2, 0.25) is 0 Å². The molecule has 1 heterocycles. The summed E-state index contributed by atoms with van der Waals surface area (Å²) in [5.74, 6) is 0.721. The largest absolute Gasteiger partial charge is 0.378 e. The zero-order chi connectivity index (χ0) is 20.5. The molecule has 0 aliphatic carbocycles. The highest BCUT2D eigenvalue weighted by Gasteiger charge is 2.13. The molecular formula is C18H27IN6O3S. The highest BCUT2D eigenvalue weighted by Crippen LogP contribution is 2.23. The minimum atomic E-state index is -0.394. The predicted molar refractivity (Wildman–Crippen MR) is 127 cm³/mol. The molecule has 0 aliphatic rings. The van der Waals surface area contributed by atoms with Crippen LogP contribution >= 0.6 is 35.3 Å². The van der Waals surface area contributed by atoms with E-state index in [9.17, 15) is 10.1 Å². The summed E-state index contributed by atoms with van der Waals surface area (Å²) in [6.07, 6.45) is -0.0189. The number of anilines is 1. The molecule has 1 aromatic carbocycles. The maximum atomic E-state index is 11.0. The molecule has 0 amide bonds. The topological polar surface area (TPSA) is 105 Å². The first-order valence-corrected chi connectivity index (χ1v) is 9.70. The molecule has 9 nitrogen and oxygen atoms in total. The second kappa shape index (κ2) is 12.5. The number of guanidine groups is 1. The summed E-state index contributed by atoms with van der Waals surface area (Å²) in [6, 6.07) is 6.59. The molecule has 0 saturated carbocycles. The molecule has 0 spiro atoms. The minimum absolute atomic E-state index is 0. The normalized spacial score (nSPS) is 12.1. The standard InChI is InChI=1S/C18H26N6O3S.HI/c1-13(27-4)17-22-14(12-28-17)11-23(3)18(19-2)21-10-9-20-15-7-5-6-8-16(15)24(25)26;/h5-8,12-13,20H,9-11H2,1-4H3,(H,19,21);1H. The molecular weight excluding hydrogens is 507 g/mol. The van der Waals surface area contributed by atoms with Gasteiger partial charge in [0, 0.05) is 45.7 Å². The maximum absolute atomic E-state index is 11.0. The van der Waals surface area contributed by atoms with E-state index < -0.39 is 4.92 Å². The van der Waals surface area contributed by atoms with Gasteiger partial charge in [0.15, 0.2) is 5.96 Å². The van der Waals surface area contributed by atoms with E-state index in [1.54, 1.807) is 43.7 Å². The summed E-state index contributed by atoms with van der Waals surface area (Å²) < 4.78 is 5.30. The lowest BCUT2D eigenvalue weighted by atomic mass is 10.2. The molecule has 29 heavy (non-hydrogen) atoms. The average molecular weight is 534 g/mol. The van der Waals surface area contributed by atoms with Gasteiger partial charge in [0.2, 0.25) is 0 Å². The molecule has 1 unspecified atom stereocenters. The fraction of sp³-hybridized carbons (Fsp3) is 0.444. The molecule has 11 heteroatoms. The summed E-state index contributed by atoms with van der Waals surface area (Å²) in [7, 11) is 5.32. The van der Waals surface area contributed by atoms with E-state index >= 15 is 0 Å². The predicted octanol–water partition coefficient (Wildman–Crippen LogP) is 3.50. The zero-order valence-electron chi connectivity index (χ0n) is 16.9. The lowest BCUT2D eigenvalue weighted by Crippen LogP contribution is -2.40. The van der Waals surface area contributed by atoms with Crippen molar-refractivity contribution in [2.75, 3.05) is 39.6 Å². The quantitative estimate of drug-likeness (QED) is 0.127. The van der Waals surface area contributed by atoms with Crippen molar-refractivity contribution in [3.63, 3.8) is 0 Å². The number of nitro groups is 1. The van der Waals surface area contributed by atoms with E-state index in [1.807, 2.05) is 24.3 Å². The number of nitrogens with one attached hydrogen (secondary N) is 2. The van der Waals surface area contributed by atoms with Crippen molar-refractivity contribution < 1.29 is 9.66 Å². The van der Waals surface area contributed by atoms with Crippen LogP contribution in [-0.4, -0.2) is 55.1 Å². The number of rotatable bonds is 9. The summed E-state index contributed by atoms with van der Waals surface area (Å²) in [5.41, 5.74) is 1.51. The number of nitro benzene ring substituents is 1. The molecule has 160 valence electrons. The third-order valence-electron chi connectivity index (χ3n) is 4.07. The smallest absolute Gasteiger partial charge is 0.292 e. The summed E-state index contributed by atoms with van der Waals surface area (Å²) in [6.45, 7) is 3.66. The van der Waals surface area contributed by atoms with Crippen LogP contribution in [0.3, 0.4) is 0 Å². The van der Waals surface area contributed by atoms with Crippen LogP contribution in [-0.2, 0) is 11.3 Å². The molecule has 0 bridgehead atoms. The molecule has 0 aliphatic heterocycles. The monoisotopic (exact) mass is 534 g/mol. The van der Waals surface area contributed by atoms with Crippen LogP contribution in [0.15, 0.2) is 34.6 Å². The fourth-order valence-electron chi connectivity index (χ4n) is 2.54. The Hall–Kier alpha value is -1.99. The van der Waals surface area contributed by atoms with Gasteiger partial charge in [-0.3, -0.25) is 15.1 Å². The lowest BCUT2D eigenvalue weighted by Gasteiger charge is -2.21. The van der Waals surface area contributed by atoms with Crippen molar-refractivity contribution in [3.05, 3.63) is 50.5 Å². The van der Waals surface area contributed by atoms with Crippen LogP contribution in [0, 0.1) is 10.1 Å². The van der Waals surface area contributed by atoms with Gasteiger partial charge in [-0.25, -0.2) is 4.98 Å². The van der Waals surface area contributed by atoms with E-state index in [4.69, 9.17) is 4.74 Å². The Labute approximate surface area is 191 Å². The van der Waals surface area contributed by atoms with Crippen molar-refractivity contribution in [1.82, 2.24) is 15.2 Å². The van der Waals surface area contributed by atoms with Crippen molar-refractivity contribution in [3.8, 4) is 0 Å². The summed E-state index contributed by atoms with van der Waals surface area (Å²) in [5, 5.41) is 20.3. The van der Waals surface area contributed by atoms with Crippen molar-refractivity contribution in [1.29, 1.82) is 0 Å². The van der Waals surface area contributed by atoms with E-state index in [0.29, 0.717) is 25.3 Å². The number of hydrogen-bond acceptors (Lipinski definition) is 7. The van der Waals surface area contributed by atoms with Crippen LogP contribution in [0.4, 0.5) is 11.4 Å². The molecule has 0 saturated heterocycles. The molecule has 2 N–H and O–H groups in total. The molecule has 1 atom stereocenters. The minimum Gasteiger partial charge on any atom is -0.378 e. The Morgan fingerprint density at radius 2 is 2.14 bits per heavy atom. The van der Waals surface area contributed by atoms with Gasteiger partial charge in [0.1, 0.15) is 16.8 Å². The van der Waals surface area contributed by atoms with Crippen molar-refractivity contribution in [2.24, 2.45) is 4.99 Å². The molecule has 2 aromatic rings. The van der Waals surface area contributed by atoms with Crippen LogP contribution in [0.1, 0.15) is 23.7 Å². The highest BCUT2D eigenvalue weighted by atomic mass is 127. The molecule has 0 fully saturated rings. The van der Waals surface area contributed by atoms with E-state index in [2.05, 4.69) is 20.6 Å². The number of benzene rings is 1. The molecule has 0 radical (unpaired) electrons. The number of ether oxygens (including phenoxy) is 1. The summed E-state index contributed by atoms with van der Waals surface area (Å²) in [4.78, 5) is 21.5. The number of aliphatic imine (C=N–C) groups is 1. The number of halogens is 1. The Kier molecular flexibility index (Phi) is 10.8. The third-order valence-corrected chi connectivity index (χ3v) is 5.12. The Balaban J connectivity index is 0.00000420. The lowest BCUT2D eigenvalue weighted by molar-refractivity contribution is -0.384. The Morgan fingerprint density at radius 1 is 1.41 bits per heavy atom. The number of para-hydroxylation sites is 2. The van der Waals surface area contributed by atoms with Crippen molar-refractivity contribution >= 4 is 52.6 Å². The van der Waals surface area contributed by atoms with Crippen molar-refractivity contribution in [2.45, 2.75) is 19.6 Å². The van der Waals surface area contributed by atoms with Gasteiger partial charge in [-0.05, 0) is 13.0 Å². The molecule has 2 rings (SSSR count). The Morgan fingerprint density at radius 3 is 2.79 bits per heavy atom. The number of methoxy groups -OCH3 is 1. The first-order valence-electron chi connectivity index (χ1n) is 8.82. The number of thiazole rings is 1. The second-order valence-corrected chi connectivity index (χ2v) is 6.98. The first kappa shape index (κ1) is 25.0. The average Bonchev–Trinajstić information content (AvgIpc) is 3.15. The first-order chi connectivity index (χ1) is 13.5. The van der Waals surface area contributed by atoms with Gasteiger partial charge in [0.25, 0.3) is 5.69 Å². The van der Waals surface area contributed by atoms with Gasteiger partial charge in [-0.1, -0.05) is 12.1 Å². The van der Waals surface area contributed by atoms with Gasteiger partial charge in [-0.15, -0.1) is 35.3 Å². The van der Waals surface area contributed by atoms with Crippen LogP contribution < -0.4 is 10.6 Å². The van der Waals surface area contributed by atoms with Crippen LogP contribution in [0.5, 0.6) is 0 Å². The Bertz CT molecular complexity index is 816. The third kappa shape index (κ3) is 7.40. The molecule has 1 aromatic heterocycles. The summed E-state index contributed by atoms with van der Waals surface area (Å²) >= 11 is 1.58. The van der Waals surface area contributed by atoms with Gasteiger partial charge in [0.05, 0.1) is 17.2 Å². The highest BCUT2D eigenvalue weighted by molar-refractivity contribution is 14.0. The maximum Gasteiger partial charge on any atom is 0.292 e. The fourth-order valence-corrected chi connectivity index (χ4v) is 3.38. The van der Waals surface area contributed by atoms with Gasteiger partial charge < -0.3 is 20.3 Å². The number of hydrogen-bond donors (Lipinski definition) is 2. The SMILES string of the molecule is CN=C(NCCNc1ccccc1[N+](=O)[O-])N(C)Cc1csc(C(C)OC)n1.I. The van der Waals surface area contributed by atoms with E-state index in [1.165, 1.54) is 6.07 Å². The zero-order valence-corrected chi connectivity index (χ0v) is 20.1. The van der Waals surface area contributed by atoms with Gasteiger partial charge >= 0.3 is 0 Å².